The van der Waals surface area contributed by atoms with Gasteiger partial charge in [0.1, 0.15) is 5.82 Å². The van der Waals surface area contributed by atoms with Gasteiger partial charge in [0.05, 0.1) is 11.6 Å². The first-order valence-corrected chi connectivity index (χ1v) is 5.44. The number of hydrogen-bond donors (Lipinski definition) is 0. The van der Waals surface area contributed by atoms with Crippen LogP contribution in [0.2, 0.25) is 0 Å². The van der Waals surface area contributed by atoms with Crippen molar-refractivity contribution in [1.29, 1.82) is 5.26 Å². The van der Waals surface area contributed by atoms with E-state index in [0.717, 1.165) is 24.8 Å². The molecular weight excluding hydrogens is 186 g/mol. The van der Waals surface area contributed by atoms with Gasteiger partial charge in [0.25, 0.3) is 0 Å². The molecule has 1 aromatic heterocycles. The number of hydrogen-bond acceptors (Lipinski definition) is 3. The van der Waals surface area contributed by atoms with E-state index in [1.165, 1.54) is 12.8 Å². The van der Waals surface area contributed by atoms with Crippen LogP contribution < -0.4 is 4.90 Å². The number of pyridine rings is 1. The van der Waals surface area contributed by atoms with Gasteiger partial charge in [0, 0.05) is 19.3 Å². The Hall–Kier alpha value is -1.56. The van der Waals surface area contributed by atoms with E-state index < -0.39 is 0 Å². The quantitative estimate of drug-likeness (QED) is 0.749. The van der Waals surface area contributed by atoms with E-state index in [1.807, 2.05) is 6.07 Å². The van der Waals surface area contributed by atoms with Crippen LogP contribution in [0, 0.1) is 17.2 Å². The van der Waals surface area contributed by atoms with Crippen LogP contribution in [0.4, 0.5) is 5.82 Å². The van der Waals surface area contributed by atoms with E-state index >= 15 is 0 Å². The molecule has 0 saturated heterocycles. The lowest BCUT2D eigenvalue weighted by atomic mass is 10.2. The van der Waals surface area contributed by atoms with Gasteiger partial charge in [-0.1, -0.05) is 0 Å². The number of nitrogens with zero attached hydrogens (tertiary/aromatic N) is 3. The fourth-order valence-electron chi connectivity index (χ4n) is 1.66. The van der Waals surface area contributed by atoms with E-state index in [0.29, 0.717) is 5.56 Å². The van der Waals surface area contributed by atoms with Crippen molar-refractivity contribution in [3.05, 3.63) is 23.9 Å². The molecule has 0 spiro atoms. The first kappa shape index (κ1) is 9.97. The van der Waals surface area contributed by atoms with E-state index in [2.05, 4.69) is 22.9 Å². The van der Waals surface area contributed by atoms with Gasteiger partial charge < -0.3 is 4.90 Å². The molecule has 1 aliphatic carbocycles. The average molecular weight is 201 g/mol. The lowest BCUT2D eigenvalue weighted by Gasteiger charge is -2.21. The molecule has 1 fully saturated rings. The van der Waals surface area contributed by atoms with Crippen LogP contribution in [-0.4, -0.2) is 18.1 Å². The largest absolute Gasteiger partial charge is 0.357 e. The lowest BCUT2D eigenvalue weighted by Crippen LogP contribution is -2.26. The number of aromatic nitrogens is 1. The highest BCUT2D eigenvalue weighted by Crippen LogP contribution is 2.30. The summed E-state index contributed by atoms with van der Waals surface area (Å²) in [5.74, 6) is 1.78. The van der Waals surface area contributed by atoms with Crippen LogP contribution in [0.3, 0.4) is 0 Å². The molecule has 78 valence electrons. The van der Waals surface area contributed by atoms with Gasteiger partial charge in [-0.2, -0.15) is 5.26 Å². The summed E-state index contributed by atoms with van der Waals surface area (Å²) < 4.78 is 0. The molecule has 1 aliphatic rings. The summed E-state index contributed by atoms with van der Waals surface area (Å²) in [6.07, 6.45) is 4.40. The first-order valence-electron chi connectivity index (χ1n) is 5.44. The molecule has 3 heteroatoms. The van der Waals surface area contributed by atoms with E-state index in [-0.39, 0.29) is 0 Å². The first-order chi connectivity index (χ1) is 7.33. The fourth-order valence-corrected chi connectivity index (χ4v) is 1.66. The summed E-state index contributed by atoms with van der Waals surface area (Å²) in [5.41, 5.74) is 0.689. The maximum Gasteiger partial charge on any atom is 0.129 e. The zero-order valence-electron chi connectivity index (χ0n) is 8.98. The number of nitriles is 1. The highest BCUT2D eigenvalue weighted by atomic mass is 15.2. The Labute approximate surface area is 90.4 Å². The number of rotatable bonds is 4. The van der Waals surface area contributed by atoms with Gasteiger partial charge >= 0.3 is 0 Å². The predicted molar refractivity (Wildman–Crippen MR) is 59.6 cm³/mol. The highest BCUT2D eigenvalue weighted by Gasteiger charge is 2.24. The average Bonchev–Trinajstić information content (AvgIpc) is 3.10. The molecule has 0 amide bonds. The smallest absolute Gasteiger partial charge is 0.129 e. The molecular formula is C12H15N3. The second kappa shape index (κ2) is 4.31. The van der Waals surface area contributed by atoms with Crippen molar-refractivity contribution in [1.82, 2.24) is 4.98 Å². The molecule has 0 aliphatic heterocycles. The Kier molecular flexibility index (Phi) is 2.86. The number of anilines is 1. The van der Waals surface area contributed by atoms with Crippen molar-refractivity contribution in [3.8, 4) is 6.07 Å². The van der Waals surface area contributed by atoms with Gasteiger partial charge in [-0.05, 0) is 37.8 Å². The maximum absolute atomic E-state index is 8.81. The molecule has 1 saturated carbocycles. The van der Waals surface area contributed by atoms with Crippen LogP contribution in [0.1, 0.15) is 25.3 Å². The summed E-state index contributed by atoms with van der Waals surface area (Å²) in [6.45, 7) is 4.17. The van der Waals surface area contributed by atoms with Gasteiger partial charge in [-0.25, -0.2) is 4.98 Å². The predicted octanol–water partition coefficient (Wildman–Crippen LogP) is 2.19. The standard InChI is InChI=1S/C12H15N3/c1-2-15(9-10-3-4-10)12-7-11(8-13)5-6-14-12/h5-7,10H,2-4,9H2,1H3. The van der Waals surface area contributed by atoms with Crippen molar-refractivity contribution in [3.63, 3.8) is 0 Å². The second-order valence-corrected chi connectivity index (χ2v) is 4.00. The van der Waals surface area contributed by atoms with Gasteiger partial charge in [-0.15, -0.1) is 0 Å². The Morgan fingerprint density at radius 1 is 1.60 bits per heavy atom. The minimum Gasteiger partial charge on any atom is -0.357 e. The van der Waals surface area contributed by atoms with E-state index in [4.69, 9.17) is 5.26 Å². The molecule has 0 unspecified atom stereocenters. The summed E-state index contributed by atoms with van der Waals surface area (Å²) in [4.78, 5) is 6.56. The molecule has 1 heterocycles. The Bertz CT molecular complexity index is 377. The minimum atomic E-state index is 0.689. The third kappa shape index (κ3) is 2.47. The highest BCUT2D eigenvalue weighted by molar-refractivity contribution is 5.44. The van der Waals surface area contributed by atoms with Gasteiger partial charge in [0.2, 0.25) is 0 Å². The zero-order chi connectivity index (χ0) is 10.7. The summed E-state index contributed by atoms with van der Waals surface area (Å²) in [5, 5.41) is 8.81. The third-order valence-corrected chi connectivity index (χ3v) is 2.76. The summed E-state index contributed by atoms with van der Waals surface area (Å²) in [7, 11) is 0. The van der Waals surface area contributed by atoms with Crippen molar-refractivity contribution < 1.29 is 0 Å². The van der Waals surface area contributed by atoms with Crippen LogP contribution in [0.15, 0.2) is 18.3 Å². The maximum atomic E-state index is 8.81. The molecule has 0 aromatic carbocycles. The molecule has 1 aromatic rings. The van der Waals surface area contributed by atoms with E-state index in [1.54, 1.807) is 12.3 Å². The SMILES string of the molecule is CCN(CC1CC1)c1cc(C#N)ccn1. The normalized spacial score (nSPS) is 14.7. The monoisotopic (exact) mass is 201 g/mol. The second-order valence-electron chi connectivity index (χ2n) is 4.00. The summed E-state index contributed by atoms with van der Waals surface area (Å²) in [6, 6.07) is 5.76. The van der Waals surface area contributed by atoms with Crippen molar-refractivity contribution in [2.45, 2.75) is 19.8 Å². The topological polar surface area (TPSA) is 39.9 Å². The van der Waals surface area contributed by atoms with Crippen LogP contribution in [0.5, 0.6) is 0 Å². The Morgan fingerprint density at radius 2 is 2.40 bits per heavy atom. The van der Waals surface area contributed by atoms with Crippen molar-refractivity contribution in [2.75, 3.05) is 18.0 Å². The van der Waals surface area contributed by atoms with Crippen LogP contribution in [-0.2, 0) is 0 Å². The van der Waals surface area contributed by atoms with Crippen molar-refractivity contribution >= 4 is 5.82 Å². The molecule has 0 atom stereocenters. The van der Waals surface area contributed by atoms with Gasteiger partial charge in [0.15, 0.2) is 0 Å². The molecule has 3 nitrogen and oxygen atoms in total. The Morgan fingerprint density at radius 3 is 3.00 bits per heavy atom. The molecule has 0 radical (unpaired) electrons. The third-order valence-electron chi connectivity index (χ3n) is 2.76. The minimum absolute atomic E-state index is 0.689. The zero-order valence-corrected chi connectivity index (χ0v) is 8.98. The molecule has 2 rings (SSSR count). The lowest BCUT2D eigenvalue weighted by molar-refractivity contribution is 0.732. The van der Waals surface area contributed by atoms with Crippen LogP contribution in [0.25, 0.3) is 0 Å². The Balaban J connectivity index is 2.13. The van der Waals surface area contributed by atoms with Gasteiger partial charge in [-0.3, -0.25) is 0 Å². The molecule has 0 bridgehead atoms. The fraction of sp³-hybridized carbons (Fsp3) is 0.500. The molecule has 15 heavy (non-hydrogen) atoms. The summed E-state index contributed by atoms with van der Waals surface area (Å²) >= 11 is 0. The van der Waals surface area contributed by atoms with Crippen LogP contribution >= 0.6 is 0 Å². The molecule has 0 N–H and O–H groups in total. The van der Waals surface area contributed by atoms with E-state index in [9.17, 15) is 0 Å². The van der Waals surface area contributed by atoms with Crippen molar-refractivity contribution in [2.24, 2.45) is 5.92 Å².